The summed E-state index contributed by atoms with van der Waals surface area (Å²) in [4.78, 5) is 22.6. The number of thiophene rings is 1. The van der Waals surface area contributed by atoms with Crippen molar-refractivity contribution in [3.05, 3.63) is 51.6 Å². The first kappa shape index (κ1) is 13.5. The topological polar surface area (TPSA) is 66.4 Å². The fourth-order valence-electron chi connectivity index (χ4n) is 1.34. The lowest BCUT2D eigenvalue weighted by Gasteiger charge is -2.03. The van der Waals surface area contributed by atoms with Crippen molar-refractivity contribution in [1.29, 1.82) is 0 Å². The minimum Gasteiger partial charge on any atom is -0.477 e. The second-order valence-corrected chi connectivity index (χ2v) is 5.04. The first-order valence-electron chi connectivity index (χ1n) is 5.07. The number of hydrogen-bond donors (Lipinski definition) is 2. The quantitative estimate of drug-likeness (QED) is 0.911. The van der Waals surface area contributed by atoms with Gasteiger partial charge in [-0.1, -0.05) is 11.6 Å². The van der Waals surface area contributed by atoms with Gasteiger partial charge < -0.3 is 10.4 Å². The van der Waals surface area contributed by atoms with E-state index in [1.807, 2.05) is 0 Å². The van der Waals surface area contributed by atoms with E-state index in [1.54, 1.807) is 0 Å². The van der Waals surface area contributed by atoms with E-state index < -0.39 is 17.7 Å². The van der Waals surface area contributed by atoms with Crippen molar-refractivity contribution in [1.82, 2.24) is 0 Å². The van der Waals surface area contributed by atoms with Gasteiger partial charge in [-0.05, 0) is 30.3 Å². The van der Waals surface area contributed by atoms with E-state index in [4.69, 9.17) is 16.7 Å². The summed E-state index contributed by atoms with van der Waals surface area (Å²) in [6, 6.07) is 6.46. The van der Waals surface area contributed by atoms with Crippen molar-refractivity contribution in [2.45, 2.75) is 0 Å². The summed E-state index contributed by atoms with van der Waals surface area (Å²) in [6.07, 6.45) is 0. The Kier molecular flexibility index (Phi) is 3.82. The molecule has 2 N–H and O–H groups in total. The van der Waals surface area contributed by atoms with E-state index in [-0.39, 0.29) is 15.5 Å². The van der Waals surface area contributed by atoms with Crippen LogP contribution < -0.4 is 5.32 Å². The molecular formula is C12H7ClFNO3S. The number of carboxylic acid groups (broad SMARTS) is 1. The van der Waals surface area contributed by atoms with Crippen molar-refractivity contribution in [2.75, 3.05) is 5.32 Å². The standard InChI is InChI=1S/C12H7ClFNO3S/c13-7-5-6(1-2-8(7)14)11(16)15-10-4-3-9(19-10)12(17)18/h1-5H,(H,15,16)(H,17,18). The number of carboxylic acids is 1. The average molecular weight is 300 g/mol. The highest BCUT2D eigenvalue weighted by Gasteiger charge is 2.12. The minimum absolute atomic E-state index is 0.118. The maximum Gasteiger partial charge on any atom is 0.345 e. The van der Waals surface area contributed by atoms with Crippen LogP contribution in [0.15, 0.2) is 30.3 Å². The monoisotopic (exact) mass is 299 g/mol. The Hall–Kier alpha value is -1.92. The Labute approximate surface area is 116 Å². The van der Waals surface area contributed by atoms with E-state index >= 15 is 0 Å². The normalized spacial score (nSPS) is 10.2. The average Bonchev–Trinajstić information content (AvgIpc) is 2.81. The van der Waals surface area contributed by atoms with Gasteiger partial charge in [0.1, 0.15) is 10.7 Å². The lowest BCUT2D eigenvalue weighted by atomic mass is 10.2. The molecule has 0 spiro atoms. The molecule has 0 aliphatic rings. The van der Waals surface area contributed by atoms with Gasteiger partial charge in [0.25, 0.3) is 5.91 Å². The molecule has 0 aliphatic carbocycles. The van der Waals surface area contributed by atoms with Crippen LogP contribution in [0, 0.1) is 5.82 Å². The fraction of sp³-hybridized carbons (Fsp3) is 0. The number of carbonyl (C=O) groups excluding carboxylic acids is 1. The lowest BCUT2D eigenvalue weighted by Crippen LogP contribution is -2.10. The van der Waals surface area contributed by atoms with Crippen molar-refractivity contribution in [3.8, 4) is 0 Å². The first-order valence-corrected chi connectivity index (χ1v) is 6.26. The molecule has 19 heavy (non-hydrogen) atoms. The predicted molar refractivity (Wildman–Crippen MR) is 70.6 cm³/mol. The SMILES string of the molecule is O=C(Nc1ccc(C(=O)O)s1)c1ccc(F)c(Cl)c1. The molecule has 0 radical (unpaired) electrons. The smallest absolute Gasteiger partial charge is 0.345 e. The first-order chi connectivity index (χ1) is 8.97. The van der Waals surface area contributed by atoms with Crippen LogP contribution >= 0.6 is 22.9 Å². The molecule has 1 aromatic carbocycles. The Morgan fingerprint density at radius 1 is 1.26 bits per heavy atom. The van der Waals surface area contributed by atoms with E-state index in [9.17, 15) is 14.0 Å². The van der Waals surface area contributed by atoms with Crippen LogP contribution in [-0.4, -0.2) is 17.0 Å². The van der Waals surface area contributed by atoms with Gasteiger partial charge in [0.05, 0.1) is 10.0 Å². The number of aromatic carboxylic acids is 1. The Balaban J connectivity index is 2.15. The van der Waals surface area contributed by atoms with Crippen LogP contribution in [0.1, 0.15) is 20.0 Å². The number of nitrogens with one attached hydrogen (secondary N) is 1. The zero-order valence-corrected chi connectivity index (χ0v) is 10.9. The molecule has 98 valence electrons. The summed E-state index contributed by atoms with van der Waals surface area (Å²) in [5.74, 6) is -2.15. The Morgan fingerprint density at radius 2 is 2.00 bits per heavy atom. The molecule has 0 saturated carbocycles. The zero-order valence-electron chi connectivity index (χ0n) is 9.31. The molecule has 2 rings (SSSR count). The van der Waals surface area contributed by atoms with Gasteiger partial charge in [-0.25, -0.2) is 9.18 Å². The maximum atomic E-state index is 13.0. The Morgan fingerprint density at radius 3 is 2.58 bits per heavy atom. The molecule has 0 saturated heterocycles. The van der Waals surface area contributed by atoms with Crippen molar-refractivity contribution in [3.63, 3.8) is 0 Å². The molecule has 0 bridgehead atoms. The number of rotatable bonds is 3. The predicted octanol–water partition coefficient (Wildman–Crippen LogP) is 3.49. The van der Waals surface area contributed by atoms with E-state index in [1.165, 1.54) is 24.3 Å². The summed E-state index contributed by atoms with van der Waals surface area (Å²) < 4.78 is 13.0. The second-order valence-electron chi connectivity index (χ2n) is 3.55. The zero-order chi connectivity index (χ0) is 14.0. The number of benzene rings is 1. The molecule has 1 amide bonds. The summed E-state index contributed by atoms with van der Waals surface area (Å²) in [7, 11) is 0. The lowest BCUT2D eigenvalue weighted by molar-refractivity contribution is 0.0702. The van der Waals surface area contributed by atoms with Crippen molar-refractivity contribution < 1.29 is 19.1 Å². The molecule has 0 atom stereocenters. The van der Waals surface area contributed by atoms with Gasteiger partial charge in [-0.3, -0.25) is 4.79 Å². The van der Waals surface area contributed by atoms with E-state index in [0.717, 1.165) is 17.4 Å². The van der Waals surface area contributed by atoms with Crippen LogP contribution in [0.4, 0.5) is 9.39 Å². The number of anilines is 1. The van der Waals surface area contributed by atoms with Crippen LogP contribution in [0.25, 0.3) is 0 Å². The molecule has 4 nitrogen and oxygen atoms in total. The Bertz CT molecular complexity index is 656. The van der Waals surface area contributed by atoms with Gasteiger partial charge in [0.15, 0.2) is 0 Å². The van der Waals surface area contributed by atoms with Crippen molar-refractivity contribution >= 4 is 39.8 Å². The summed E-state index contributed by atoms with van der Waals surface area (Å²) in [6.45, 7) is 0. The van der Waals surface area contributed by atoms with Gasteiger partial charge in [-0.2, -0.15) is 0 Å². The molecule has 0 unspecified atom stereocenters. The molecule has 1 aromatic heterocycles. The largest absolute Gasteiger partial charge is 0.477 e. The van der Waals surface area contributed by atoms with E-state index in [0.29, 0.717) is 5.00 Å². The maximum absolute atomic E-state index is 13.0. The van der Waals surface area contributed by atoms with Crippen LogP contribution in [0.3, 0.4) is 0 Å². The van der Waals surface area contributed by atoms with Crippen molar-refractivity contribution in [2.24, 2.45) is 0 Å². The molecule has 7 heteroatoms. The summed E-state index contributed by atoms with van der Waals surface area (Å²) >= 11 is 6.51. The highest BCUT2D eigenvalue weighted by atomic mass is 35.5. The van der Waals surface area contributed by atoms with Crippen LogP contribution in [0.2, 0.25) is 5.02 Å². The molecule has 1 heterocycles. The fourth-order valence-corrected chi connectivity index (χ4v) is 2.26. The minimum atomic E-state index is -1.06. The van der Waals surface area contributed by atoms with Gasteiger partial charge in [0, 0.05) is 5.56 Å². The summed E-state index contributed by atoms with van der Waals surface area (Å²) in [5.41, 5.74) is 0.191. The van der Waals surface area contributed by atoms with E-state index in [2.05, 4.69) is 5.32 Å². The van der Waals surface area contributed by atoms with Crippen LogP contribution in [0.5, 0.6) is 0 Å². The third-order valence-corrected chi connectivity index (χ3v) is 3.51. The number of halogens is 2. The molecule has 0 fully saturated rings. The van der Waals surface area contributed by atoms with Gasteiger partial charge in [-0.15, -0.1) is 11.3 Å². The summed E-state index contributed by atoms with van der Waals surface area (Å²) in [5, 5.41) is 11.5. The highest BCUT2D eigenvalue weighted by Crippen LogP contribution is 2.23. The second kappa shape index (κ2) is 5.38. The highest BCUT2D eigenvalue weighted by molar-refractivity contribution is 7.18. The molecule has 0 aliphatic heterocycles. The number of carbonyl (C=O) groups is 2. The third-order valence-electron chi connectivity index (χ3n) is 2.24. The number of amides is 1. The third kappa shape index (κ3) is 3.10. The van der Waals surface area contributed by atoms with Gasteiger partial charge in [0.2, 0.25) is 0 Å². The van der Waals surface area contributed by atoms with Gasteiger partial charge >= 0.3 is 5.97 Å². The molecular weight excluding hydrogens is 293 g/mol. The number of hydrogen-bond acceptors (Lipinski definition) is 3. The molecule has 2 aromatic rings. The van der Waals surface area contributed by atoms with Crippen LogP contribution in [-0.2, 0) is 0 Å².